The molecule has 0 bridgehead atoms. The molecular formula is C19H20ClNO4. The van der Waals surface area contributed by atoms with Crippen LogP contribution in [0.3, 0.4) is 0 Å². The summed E-state index contributed by atoms with van der Waals surface area (Å²) in [6.07, 6.45) is -0.245. The molecule has 1 atom stereocenters. The maximum Gasteiger partial charge on any atom is 0.263 e. The van der Waals surface area contributed by atoms with Crippen molar-refractivity contribution >= 4 is 17.5 Å². The Labute approximate surface area is 151 Å². The van der Waals surface area contributed by atoms with Gasteiger partial charge in [0, 0.05) is 5.02 Å². The number of nitrogens with one attached hydrogen (secondary N) is 1. The van der Waals surface area contributed by atoms with Crippen molar-refractivity contribution < 1.29 is 19.0 Å². The highest BCUT2D eigenvalue weighted by molar-refractivity contribution is 6.30. The number of hydrogen-bond donors (Lipinski definition) is 1. The molecule has 25 heavy (non-hydrogen) atoms. The molecule has 6 heteroatoms. The fraction of sp³-hybridized carbons (Fsp3) is 0.316. The lowest BCUT2D eigenvalue weighted by Crippen LogP contribution is -2.50. The van der Waals surface area contributed by atoms with Gasteiger partial charge in [-0.25, -0.2) is 0 Å². The van der Waals surface area contributed by atoms with Gasteiger partial charge in [0.1, 0.15) is 18.5 Å². The molecule has 5 nitrogen and oxygen atoms in total. The molecule has 1 N–H and O–H groups in total. The second-order valence-corrected chi connectivity index (χ2v) is 6.71. The summed E-state index contributed by atoms with van der Waals surface area (Å²) in [5.41, 5.74) is -1.03. The van der Waals surface area contributed by atoms with E-state index < -0.39 is 5.60 Å². The highest BCUT2D eigenvalue weighted by Crippen LogP contribution is 2.30. The van der Waals surface area contributed by atoms with Crippen LogP contribution in [0.1, 0.15) is 13.8 Å². The molecule has 3 rings (SSSR count). The fourth-order valence-electron chi connectivity index (χ4n) is 2.43. The zero-order valence-electron chi connectivity index (χ0n) is 14.1. The van der Waals surface area contributed by atoms with Crippen LogP contribution in [0.4, 0.5) is 0 Å². The quantitative estimate of drug-likeness (QED) is 0.886. The van der Waals surface area contributed by atoms with Crippen LogP contribution in [-0.2, 0) is 4.79 Å². The minimum atomic E-state index is -1.03. The van der Waals surface area contributed by atoms with Crippen LogP contribution in [0.15, 0.2) is 48.5 Å². The smallest absolute Gasteiger partial charge is 0.263 e. The minimum absolute atomic E-state index is 0.232. The maximum absolute atomic E-state index is 12.5. The van der Waals surface area contributed by atoms with Crippen LogP contribution in [0, 0.1) is 0 Å². The van der Waals surface area contributed by atoms with Gasteiger partial charge >= 0.3 is 0 Å². The molecule has 1 heterocycles. The third kappa shape index (κ3) is 4.37. The first-order chi connectivity index (χ1) is 11.9. The Bertz CT molecular complexity index is 745. The molecule has 0 saturated heterocycles. The molecule has 1 amide bonds. The molecule has 0 aromatic heterocycles. The van der Waals surface area contributed by atoms with E-state index >= 15 is 0 Å². The Morgan fingerprint density at radius 2 is 1.88 bits per heavy atom. The number of ether oxygens (including phenoxy) is 3. The number of hydrogen-bond acceptors (Lipinski definition) is 4. The van der Waals surface area contributed by atoms with Crippen LogP contribution in [0.5, 0.6) is 17.2 Å². The van der Waals surface area contributed by atoms with Crippen LogP contribution < -0.4 is 19.5 Å². The second-order valence-electron chi connectivity index (χ2n) is 6.27. The van der Waals surface area contributed by atoms with Crippen molar-refractivity contribution in [3.8, 4) is 17.2 Å². The summed E-state index contributed by atoms with van der Waals surface area (Å²) >= 11 is 5.86. The van der Waals surface area contributed by atoms with E-state index in [4.69, 9.17) is 25.8 Å². The molecule has 1 aliphatic rings. The lowest BCUT2D eigenvalue weighted by atomic mass is 10.1. The van der Waals surface area contributed by atoms with Crippen molar-refractivity contribution in [2.75, 3.05) is 13.2 Å². The van der Waals surface area contributed by atoms with E-state index in [9.17, 15) is 4.79 Å². The van der Waals surface area contributed by atoms with Gasteiger partial charge in [-0.1, -0.05) is 23.7 Å². The predicted octanol–water partition coefficient (Wildman–Crippen LogP) is 3.45. The molecule has 0 aliphatic carbocycles. The average molecular weight is 362 g/mol. The van der Waals surface area contributed by atoms with Gasteiger partial charge in [-0.3, -0.25) is 4.79 Å². The first kappa shape index (κ1) is 17.4. The van der Waals surface area contributed by atoms with Gasteiger partial charge in [0.15, 0.2) is 17.1 Å². The SMILES string of the molecule is CC(C)(Oc1ccc(Cl)cc1)C(=O)NCC1COc2ccccc2O1. The van der Waals surface area contributed by atoms with E-state index in [0.717, 1.165) is 5.75 Å². The van der Waals surface area contributed by atoms with E-state index in [-0.39, 0.29) is 12.0 Å². The van der Waals surface area contributed by atoms with Crippen molar-refractivity contribution in [3.63, 3.8) is 0 Å². The lowest BCUT2D eigenvalue weighted by Gasteiger charge is -2.29. The third-order valence-electron chi connectivity index (χ3n) is 3.79. The van der Waals surface area contributed by atoms with E-state index in [1.165, 1.54) is 0 Å². The number of rotatable bonds is 5. The number of fused-ring (bicyclic) bond motifs is 1. The summed E-state index contributed by atoms with van der Waals surface area (Å²) in [6.45, 7) is 4.14. The first-order valence-corrected chi connectivity index (χ1v) is 8.43. The molecule has 132 valence electrons. The van der Waals surface area contributed by atoms with Gasteiger partial charge in [-0.15, -0.1) is 0 Å². The van der Waals surface area contributed by atoms with Crippen molar-refractivity contribution in [3.05, 3.63) is 53.6 Å². The summed E-state index contributed by atoms with van der Waals surface area (Å²) in [5.74, 6) is 1.75. The number of carbonyl (C=O) groups is 1. The van der Waals surface area contributed by atoms with Gasteiger partial charge in [-0.2, -0.15) is 0 Å². The number of carbonyl (C=O) groups excluding carboxylic acids is 1. The summed E-state index contributed by atoms with van der Waals surface area (Å²) in [7, 11) is 0. The van der Waals surface area contributed by atoms with Crippen molar-refractivity contribution in [2.45, 2.75) is 25.6 Å². The number of halogens is 1. The Hall–Kier alpha value is -2.40. The van der Waals surface area contributed by atoms with Crippen molar-refractivity contribution in [1.82, 2.24) is 5.32 Å². The summed E-state index contributed by atoms with van der Waals surface area (Å²) < 4.78 is 17.2. The van der Waals surface area contributed by atoms with Gasteiger partial charge in [-0.05, 0) is 50.2 Å². The van der Waals surface area contributed by atoms with E-state index in [0.29, 0.717) is 29.7 Å². The van der Waals surface area contributed by atoms with Crippen LogP contribution >= 0.6 is 11.6 Å². The molecule has 0 radical (unpaired) electrons. The fourth-order valence-corrected chi connectivity index (χ4v) is 2.55. The Morgan fingerprint density at radius 1 is 1.20 bits per heavy atom. The lowest BCUT2D eigenvalue weighted by molar-refractivity contribution is -0.134. The van der Waals surface area contributed by atoms with E-state index in [1.54, 1.807) is 38.1 Å². The van der Waals surface area contributed by atoms with Crippen molar-refractivity contribution in [1.29, 1.82) is 0 Å². The number of amides is 1. The Balaban J connectivity index is 1.54. The van der Waals surface area contributed by atoms with Crippen LogP contribution in [-0.4, -0.2) is 30.8 Å². The molecule has 1 aliphatic heterocycles. The van der Waals surface area contributed by atoms with Gasteiger partial charge < -0.3 is 19.5 Å². The normalized spacial score (nSPS) is 16.2. The first-order valence-electron chi connectivity index (χ1n) is 8.05. The number of para-hydroxylation sites is 2. The van der Waals surface area contributed by atoms with Gasteiger partial charge in [0.25, 0.3) is 5.91 Å². The average Bonchev–Trinajstić information content (AvgIpc) is 2.61. The standard InChI is InChI=1S/C19H20ClNO4/c1-19(2,25-14-9-7-13(20)8-10-14)18(22)21-11-15-12-23-16-5-3-4-6-17(16)24-15/h3-10,15H,11-12H2,1-2H3,(H,21,22). The second kappa shape index (κ2) is 7.23. The largest absolute Gasteiger partial charge is 0.486 e. The van der Waals surface area contributed by atoms with Crippen molar-refractivity contribution in [2.24, 2.45) is 0 Å². The monoisotopic (exact) mass is 361 g/mol. The molecule has 2 aromatic rings. The summed E-state index contributed by atoms with van der Waals surface area (Å²) in [5, 5.41) is 3.48. The molecular weight excluding hydrogens is 342 g/mol. The Kier molecular flexibility index (Phi) is 5.04. The van der Waals surface area contributed by atoms with Crippen LogP contribution in [0.25, 0.3) is 0 Å². The van der Waals surface area contributed by atoms with Gasteiger partial charge in [0.2, 0.25) is 0 Å². The molecule has 1 unspecified atom stereocenters. The Morgan fingerprint density at radius 3 is 2.60 bits per heavy atom. The van der Waals surface area contributed by atoms with Crippen LogP contribution in [0.2, 0.25) is 5.02 Å². The number of benzene rings is 2. The van der Waals surface area contributed by atoms with E-state index in [2.05, 4.69) is 5.32 Å². The summed E-state index contributed by atoms with van der Waals surface area (Å²) in [6, 6.07) is 14.4. The molecule has 0 fully saturated rings. The highest BCUT2D eigenvalue weighted by Gasteiger charge is 2.31. The molecule has 2 aromatic carbocycles. The highest BCUT2D eigenvalue weighted by atomic mass is 35.5. The summed E-state index contributed by atoms with van der Waals surface area (Å²) in [4.78, 5) is 12.5. The minimum Gasteiger partial charge on any atom is -0.486 e. The maximum atomic E-state index is 12.5. The molecule has 0 spiro atoms. The van der Waals surface area contributed by atoms with E-state index in [1.807, 2.05) is 24.3 Å². The predicted molar refractivity (Wildman–Crippen MR) is 95.5 cm³/mol. The van der Waals surface area contributed by atoms with Gasteiger partial charge in [0.05, 0.1) is 6.54 Å². The zero-order chi connectivity index (χ0) is 17.9. The topological polar surface area (TPSA) is 56.8 Å². The third-order valence-corrected chi connectivity index (χ3v) is 4.04. The molecule has 0 saturated carbocycles. The zero-order valence-corrected chi connectivity index (χ0v) is 14.9.